The van der Waals surface area contributed by atoms with E-state index in [0.717, 1.165) is 30.0 Å². The van der Waals surface area contributed by atoms with E-state index in [4.69, 9.17) is 12.2 Å². The molecule has 3 rings (SSSR count). The summed E-state index contributed by atoms with van der Waals surface area (Å²) in [5.74, 6) is 0.947. The summed E-state index contributed by atoms with van der Waals surface area (Å²) in [6, 6.07) is 8.54. The molecule has 1 aliphatic heterocycles. The van der Waals surface area contributed by atoms with Crippen molar-refractivity contribution >= 4 is 23.7 Å². The quantitative estimate of drug-likeness (QED) is 0.831. The van der Waals surface area contributed by atoms with Crippen molar-refractivity contribution in [1.82, 2.24) is 9.97 Å². The van der Waals surface area contributed by atoms with Crippen molar-refractivity contribution in [2.75, 3.05) is 30.9 Å². The fourth-order valence-electron chi connectivity index (χ4n) is 2.69. The third-order valence-electron chi connectivity index (χ3n) is 3.85. The molecule has 0 atom stereocenters. The standard InChI is InChI=1S/C16H20N4S/c1-20(2)12-8-6-11(7-9-12)14-13-5-3-4-10-17-15(13)19-16(21)18-14/h6-9H,3-5,10H2,1-2H3,(H2,17,18,19,21). The number of anilines is 2. The van der Waals surface area contributed by atoms with Gasteiger partial charge in [-0.1, -0.05) is 12.1 Å². The van der Waals surface area contributed by atoms with Gasteiger partial charge in [0.05, 0.1) is 5.69 Å². The monoisotopic (exact) mass is 300 g/mol. The fraction of sp³-hybridized carbons (Fsp3) is 0.375. The van der Waals surface area contributed by atoms with E-state index in [1.807, 2.05) is 14.1 Å². The largest absolute Gasteiger partial charge is 0.378 e. The third kappa shape index (κ3) is 2.93. The highest BCUT2D eigenvalue weighted by Crippen LogP contribution is 2.30. The maximum absolute atomic E-state index is 5.28. The van der Waals surface area contributed by atoms with E-state index in [0.29, 0.717) is 4.77 Å². The molecule has 1 aromatic carbocycles. The number of fused-ring (bicyclic) bond motifs is 1. The first-order valence-corrected chi connectivity index (χ1v) is 7.71. The first-order chi connectivity index (χ1) is 10.1. The molecule has 5 heteroatoms. The molecular formula is C16H20N4S. The van der Waals surface area contributed by atoms with Crippen LogP contribution in [0.1, 0.15) is 18.4 Å². The number of H-pyrrole nitrogens is 1. The van der Waals surface area contributed by atoms with Gasteiger partial charge in [0.25, 0.3) is 0 Å². The Bertz CT molecular complexity index is 688. The highest BCUT2D eigenvalue weighted by molar-refractivity contribution is 7.71. The zero-order chi connectivity index (χ0) is 14.8. The molecule has 2 heterocycles. The zero-order valence-electron chi connectivity index (χ0n) is 12.4. The highest BCUT2D eigenvalue weighted by atomic mass is 32.1. The topological polar surface area (TPSA) is 44.0 Å². The Kier molecular flexibility index (Phi) is 3.92. The van der Waals surface area contributed by atoms with Crippen molar-refractivity contribution in [3.05, 3.63) is 34.6 Å². The zero-order valence-corrected chi connectivity index (χ0v) is 13.3. The summed E-state index contributed by atoms with van der Waals surface area (Å²) in [5, 5.41) is 3.40. The number of benzene rings is 1. The van der Waals surface area contributed by atoms with E-state index in [1.54, 1.807) is 0 Å². The Morgan fingerprint density at radius 2 is 1.90 bits per heavy atom. The lowest BCUT2D eigenvalue weighted by Crippen LogP contribution is -2.08. The predicted molar refractivity (Wildman–Crippen MR) is 90.6 cm³/mol. The fourth-order valence-corrected chi connectivity index (χ4v) is 2.89. The van der Waals surface area contributed by atoms with Crippen molar-refractivity contribution in [3.8, 4) is 11.3 Å². The molecule has 21 heavy (non-hydrogen) atoms. The molecule has 0 radical (unpaired) electrons. The van der Waals surface area contributed by atoms with Gasteiger partial charge < -0.3 is 15.2 Å². The van der Waals surface area contributed by atoms with Gasteiger partial charge in [0.2, 0.25) is 0 Å². The van der Waals surface area contributed by atoms with Crippen LogP contribution in [0.3, 0.4) is 0 Å². The lowest BCUT2D eigenvalue weighted by Gasteiger charge is -2.15. The lowest BCUT2D eigenvalue weighted by atomic mass is 10.0. The van der Waals surface area contributed by atoms with E-state index >= 15 is 0 Å². The van der Waals surface area contributed by atoms with Crippen LogP contribution in [-0.4, -0.2) is 30.6 Å². The Labute approximate surface area is 130 Å². The van der Waals surface area contributed by atoms with Gasteiger partial charge in [-0.05, 0) is 49.2 Å². The van der Waals surface area contributed by atoms with Gasteiger partial charge in [0.15, 0.2) is 4.77 Å². The number of nitrogens with zero attached hydrogens (tertiary/aromatic N) is 2. The van der Waals surface area contributed by atoms with E-state index in [9.17, 15) is 0 Å². The van der Waals surface area contributed by atoms with E-state index in [-0.39, 0.29) is 0 Å². The third-order valence-corrected chi connectivity index (χ3v) is 4.04. The maximum atomic E-state index is 5.28. The normalized spacial score (nSPS) is 14.0. The number of rotatable bonds is 2. The molecule has 4 nitrogen and oxygen atoms in total. The van der Waals surface area contributed by atoms with Crippen molar-refractivity contribution < 1.29 is 0 Å². The van der Waals surface area contributed by atoms with Gasteiger partial charge in [0.1, 0.15) is 5.82 Å². The van der Waals surface area contributed by atoms with Gasteiger partial charge in [-0.15, -0.1) is 0 Å². The van der Waals surface area contributed by atoms with Crippen LogP contribution in [0.15, 0.2) is 24.3 Å². The molecule has 0 unspecified atom stereocenters. The van der Waals surface area contributed by atoms with Crippen LogP contribution in [0.5, 0.6) is 0 Å². The molecule has 0 bridgehead atoms. The average Bonchev–Trinajstić information content (AvgIpc) is 2.71. The molecule has 0 spiro atoms. The summed E-state index contributed by atoms with van der Waals surface area (Å²) in [5.41, 5.74) is 4.70. The minimum atomic E-state index is 0.537. The van der Waals surface area contributed by atoms with E-state index in [2.05, 4.69) is 44.5 Å². The number of hydrogen-bond acceptors (Lipinski definition) is 4. The molecule has 1 aliphatic rings. The molecule has 0 amide bonds. The number of nitrogens with one attached hydrogen (secondary N) is 2. The van der Waals surface area contributed by atoms with Crippen LogP contribution < -0.4 is 10.2 Å². The van der Waals surface area contributed by atoms with E-state index < -0.39 is 0 Å². The summed E-state index contributed by atoms with van der Waals surface area (Å²) < 4.78 is 0.537. The molecule has 0 saturated heterocycles. The Hall–Kier alpha value is -1.88. The Morgan fingerprint density at radius 1 is 1.14 bits per heavy atom. The van der Waals surface area contributed by atoms with Gasteiger partial charge in [-0.2, -0.15) is 0 Å². The van der Waals surface area contributed by atoms with Crippen LogP contribution in [0, 0.1) is 4.77 Å². The molecule has 2 aromatic rings. The van der Waals surface area contributed by atoms with Crippen LogP contribution in [0.25, 0.3) is 11.3 Å². The van der Waals surface area contributed by atoms with Crippen LogP contribution in [0.2, 0.25) is 0 Å². The molecule has 2 N–H and O–H groups in total. The molecule has 0 fully saturated rings. The minimum Gasteiger partial charge on any atom is -0.378 e. The SMILES string of the molecule is CN(C)c1ccc(-c2[nH]c(=S)nc3c2CCCCN3)cc1. The first kappa shape index (κ1) is 14.1. The summed E-state index contributed by atoms with van der Waals surface area (Å²) in [6.45, 7) is 0.970. The second-order valence-corrected chi connectivity index (χ2v) is 5.96. The second-order valence-electron chi connectivity index (χ2n) is 5.57. The van der Waals surface area contributed by atoms with Crippen molar-refractivity contribution in [3.63, 3.8) is 0 Å². The number of aromatic amines is 1. The van der Waals surface area contributed by atoms with Crippen molar-refractivity contribution in [1.29, 1.82) is 0 Å². The molecule has 110 valence electrons. The van der Waals surface area contributed by atoms with Crippen molar-refractivity contribution in [2.24, 2.45) is 0 Å². The lowest BCUT2D eigenvalue weighted by molar-refractivity contribution is 0.785. The molecule has 1 aromatic heterocycles. The molecule has 0 aliphatic carbocycles. The van der Waals surface area contributed by atoms with Crippen LogP contribution in [-0.2, 0) is 6.42 Å². The Morgan fingerprint density at radius 3 is 2.62 bits per heavy atom. The summed E-state index contributed by atoms with van der Waals surface area (Å²) in [4.78, 5) is 9.82. The van der Waals surface area contributed by atoms with Crippen molar-refractivity contribution in [2.45, 2.75) is 19.3 Å². The average molecular weight is 300 g/mol. The van der Waals surface area contributed by atoms with Gasteiger partial charge in [-0.3, -0.25) is 0 Å². The Balaban J connectivity index is 2.09. The minimum absolute atomic E-state index is 0.537. The molecule has 0 saturated carbocycles. The van der Waals surface area contributed by atoms with Crippen LogP contribution in [0.4, 0.5) is 11.5 Å². The highest BCUT2D eigenvalue weighted by Gasteiger charge is 2.15. The molecular weight excluding hydrogens is 280 g/mol. The van der Waals surface area contributed by atoms with E-state index in [1.165, 1.54) is 24.1 Å². The van der Waals surface area contributed by atoms with Gasteiger partial charge in [0, 0.05) is 31.9 Å². The summed E-state index contributed by atoms with van der Waals surface area (Å²) in [6.07, 6.45) is 3.38. The van der Waals surface area contributed by atoms with Gasteiger partial charge >= 0.3 is 0 Å². The first-order valence-electron chi connectivity index (χ1n) is 7.30. The summed E-state index contributed by atoms with van der Waals surface area (Å²) >= 11 is 5.28. The second kappa shape index (κ2) is 5.85. The predicted octanol–water partition coefficient (Wildman–Crippen LogP) is 3.62. The van der Waals surface area contributed by atoms with Crippen LogP contribution >= 0.6 is 12.2 Å². The summed E-state index contributed by atoms with van der Waals surface area (Å²) in [7, 11) is 4.09. The van der Waals surface area contributed by atoms with Gasteiger partial charge in [-0.25, -0.2) is 4.98 Å². The maximum Gasteiger partial charge on any atom is 0.199 e. The smallest absolute Gasteiger partial charge is 0.199 e. The number of hydrogen-bond donors (Lipinski definition) is 2. The number of aromatic nitrogens is 2.